The molecule has 1 aromatic carbocycles. The van der Waals surface area contributed by atoms with Crippen molar-refractivity contribution in [2.45, 2.75) is 25.8 Å². The third-order valence-corrected chi connectivity index (χ3v) is 4.01. The summed E-state index contributed by atoms with van der Waals surface area (Å²) in [5.41, 5.74) is 1.71. The zero-order chi connectivity index (χ0) is 19.5. The molecule has 0 spiro atoms. The molecule has 0 aromatic heterocycles. The summed E-state index contributed by atoms with van der Waals surface area (Å²) >= 11 is 0. The van der Waals surface area contributed by atoms with E-state index in [1.165, 1.54) is 12.2 Å². The Hall–Kier alpha value is -2.61. The largest absolute Gasteiger partial charge is 0.456 e. The van der Waals surface area contributed by atoms with Crippen LogP contribution in [0.1, 0.15) is 30.9 Å². The Morgan fingerprint density at radius 2 is 1.61 bits per heavy atom. The molecule has 7 nitrogen and oxygen atoms in total. The van der Waals surface area contributed by atoms with Crippen molar-refractivity contribution in [2.24, 2.45) is 0 Å². The number of nitrogens with one attached hydrogen (secondary N) is 1. The van der Waals surface area contributed by atoms with Crippen LogP contribution < -0.4 is 5.32 Å². The molecule has 0 amide bonds. The Bertz CT molecular complexity index is 702. The molecule has 1 aromatic rings. The molecule has 2 rings (SSSR count). The van der Waals surface area contributed by atoms with Crippen LogP contribution >= 0.6 is 0 Å². The van der Waals surface area contributed by atoms with Crippen LogP contribution in [0, 0.1) is 0 Å². The van der Waals surface area contributed by atoms with Gasteiger partial charge in [-0.25, -0.2) is 0 Å². The fraction of sp³-hybridized carbons (Fsp3) is 0.381. The predicted molar refractivity (Wildman–Crippen MR) is 107 cm³/mol. The summed E-state index contributed by atoms with van der Waals surface area (Å²) in [6.45, 7) is 2.98. The van der Waals surface area contributed by atoms with Crippen LogP contribution in [-0.2, 0) is 23.9 Å². The van der Waals surface area contributed by atoms with E-state index in [-0.39, 0.29) is 42.3 Å². The van der Waals surface area contributed by atoms with E-state index < -0.39 is 0 Å². The van der Waals surface area contributed by atoms with E-state index in [0.29, 0.717) is 6.61 Å². The molecule has 1 fully saturated rings. The molecule has 1 aliphatic heterocycles. The quantitative estimate of drug-likeness (QED) is 0.477. The minimum atomic E-state index is -0.371. The van der Waals surface area contributed by atoms with Crippen molar-refractivity contribution in [1.29, 1.82) is 0 Å². The molecular formula is C21H27NO6. The lowest BCUT2D eigenvalue weighted by atomic mass is 10.1. The highest BCUT2D eigenvalue weighted by Gasteiger charge is 2.23. The summed E-state index contributed by atoms with van der Waals surface area (Å²) in [6, 6.07) is 7.08. The highest BCUT2D eigenvalue weighted by molar-refractivity contribution is 5.96. The minimum absolute atomic E-state index is 0. The van der Waals surface area contributed by atoms with Gasteiger partial charge in [0.2, 0.25) is 0 Å². The second-order valence-electron chi connectivity index (χ2n) is 6.16. The van der Waals surface area contributed by atoms with Gasteiger partial charge in [0.25, 0.3) is 0 Å². The first kappa shape index (κ1) is 23.4. The van der Waals surface area contributed by atoms with Crippen molar-refractivity contribution in [3.63, 3.8) is 0 Å². The van der Waals surface area contributed by atoms with E-state index in [9.17, 15) is 14.4 Å². The SMILES string of the molecule is CCOCC(=O)/C=C/c1ccc(/C=C/C(=O)COC(=O)[C@@H]2CCCN2)cc1.O. The van der Waals surface area contributed by atoms with Gasteiger partial charge in [0.1, 0.15) is 12.6 Å². The van der Waals surface area contributed by atoms with Gasteiger partial charge >= 0.3 is 5.97 Å². The number of ketones is 2. The zero-order valence-electron chi connectivity index (χ0n) is 16.0. The zero-order valence-corrected chi connectivity index (χ0v) is 16.0. The predicted octanol–water partition coefficient (Wildman–Crippen LogP) is 1.36. The Labute approximate surface area is 164 Å². The monoisotopic (exact) mass is 389 g/mol. The van der Waals surface area contributed by atoms with Crippen LogP contribution in [0.25, 0.3) is 12.2 Å². The molecule has 0 bridgehead atoms. The number of carbonyl (C=O) groups is 3. The second kappa shape index (κ2) is 12.7. The molecule has 7 heteroatoms. The number of ether oxygens (including phenoxy) is 2. The van der Waals surface area contributed by atoms with Crippen LogP contribution in [-0.4, -0.2) is 55.4 Å². The maximum atomic E-state index is 11.8. The van der Waals surface area contributed by atoms with E-state index in [1.54, 1.807) is 12.2 Å². The summed E-state index contributed by atoms with van der Waals surface area (Å²) in [6.07, 6.45) is 7.96. The molecule has 3 N–H and O–H groups in total. The van der Waals surface area contributed by atoms with Crippen molar-refractivity contribution in [1.82, 2.24) is 5.32 Å². The Morgan fingerprint density at radius 3 is 2.11 bits per heavy atom. The fourth-order valence-corrected chi connectivity index (χ4v) is 2.52. The first-order valence-electron chi connectivity index (χ1n) is 9.08. The van der Waals surface area contributed by atoms with E-state index in [4.69, 9.17) is 9.47 Å². The van der Waals surface area contributed by atoms with E-state index in [1.807, 2.05) is 31.2 Å². The van der Waals surface area contributed by atoms with Gasteiger partial charge in [0.15, 0.2) is 18.2 Å². The highest BCUT2D eigenvalue weighted by atomic mass is 16.5. The lowest BCUT2D eigenvalue weighted by molar-refractivity contribution is -0.148. The summed E-state index contributed by atoms with van der Waals surface area (Å²) < 4.78 is 10.1. The molecule has 0 saturated carbocycles. The molecule has 0 aliphatic carbocycles. The Kier molecular flexibility index (Phi) is 10.6. The lowest BCUT2D eigenvalue weighted by Crippen LogP contribution is -2.33. The van der Waals surface area contributed by atoms with Gasteiger partial charge in [-0.05, 0) is 49.6 Å². The van der Waals surface area contributed by atoms with E-state index in [0.717, 1.165) is 30.5 Å². The molecule has 1 aliphatic rings. The number of hydrogen-bond donors (Lipinski definition) is 1. The standard InChI is InChI=1S/C21H25NO5.H2O/c1-2-26-14-18(23)11-9-16-5-7-17(8-6-16)10-12-19(24)15-27-21(25)20-4-3-13-22-20;/h5-12,20,22H,2-4,13-15H2,1H3;1H2/b11-9+,12-10+;/t20-;/m0./s1. The molecule has 0 unspecified atom stereocenters. The topological polar surface area (TPSA) is 113 Å². The van der Waals surface area contributed by atoms with Gasteiger partial charge in [0.05, 0.1) is 0 Å². The van der Waals surface area contributed by atoms with Crippen LogP contribution in [0.4, 0.5) is 0 Å². The molecule has 1 saturated heterocycles. The average Bonchev–Trinajstić information content (AvgIpc) is 3.23. The molecule has 152 valence electrons. The molecule has 28 heavy (non-hydrogen) atoms. The summed E-state index contributed by atoms with van der Waals surface area (Å²) in [5.74, 6) is -0.732. The average molecular weight is 389 g/mol. The van der Waals surface area contributed by atoms with Gasteiger partial charge in [0, 0.05) is 6.61 Å². The van der Waals surface area contributed by atoms with Gasteiger partial charge in [-0.15, -0.1) is 0 Å². The normalized spacial score (nSPS) is 16.2. The molecule has 0 radical (unpaired) electrons. The lowest BCUT2D eigenvalue weighted by Gasteiger charge is -2.08. The molecular weight excluding hydrogens is 362 g/mol. The first-order chi connectivity index (χ1) is 13.1. The summed E-state index contributed by atoms with van der Waals surface area (Å²) in [5, 5.41) is 3.03. The number of hydrogen-bond acceptors (Lipinski definition) is 6. The first-order valence-corrected chi connectivity index (χ1v) is 9.08. The maximum absolute atomic E-state index is 11.8. The van der Waals surface area contributed by atoms with Crippen LogP contribution in [0.5, 0.6) is 0 Å². The van der Waals surface area contributed by atoms with Gasteiger partial charge in [-0.1, -0.05) is 36.4 Å². The number of carbonyl (C=O) groups excluding carboxylic acids is 3. The van der Waals surface area contributed by atoms with Crippen molar-refractivity contribution in [3.8, 4) is 0 Å². The fourth-order valence-electron chi connectivity index (χ4n) is 2.52. The van der Waals surface area contributed by atoms with Gasteiger partial charge in [-0.2, -0.15) is 0 Å². The Morgan fingerprint density at radius 1 is 1.04 bits per heavy atom. The van der Waals surface area contributed by atoms with E-state index >= 15 is 0 Å². The van der Waals surface area contributed by atoms with Crippen molar-refractivity contribution >= 4 is 29.7 Å². The smallest absolute Gasteiger partial charge is 0.323 e. The third-order valence-electron chi connectivity index (χ3n) is 4.01. The van der Waals surface area contributed by atoms with Gasteiger partial charge < -0.3 is 20.3 Å². The van der Waals surface area contributed by atoms with Crippen LogP contribution in [0.2, 0.25) is 0 Å². The molecule has 1 heterocycles. The van der Waals surface area contributed by atoms with Crippen molar-refractivity contribution in [3.05, 3.63) is 47.5 Å². The van der Waals surface area contributed by atoms with Crippen LogP contribution in [0.15, 0.2) is 36.4 Å². The van der Waals surface area contributed by atoms with Gasteiger partial charge in [-0.3, -0.25) is 14.4 Å². The summed E-state index contributed by atoms with van der Waals surface area (Å²) in [4.78, 5) is 35.1. The maximum Gasteiger partial charge on any atom is 0.323 e. The van der Waals surface area contributed by atoms with Crippen molar-refractivity contribution < 1.29 is 29.3 Å². The summed E-state index contributed by atoms with van der Waals surface area (Å²) in [7, 11) is 0. The minimum Gasteiger partial charge on any atom is -0.456 e. The van der Waals surface area contributed by atoms with Crippen molar-refractivity contribution in [2.75, 3.05) is 26.4 Å². The number of esters is 1. The third kappa shape index (κ3) is 8.39. The highest BCUT2D eigenvalue weighted by Crippen LogP contribution is 2.09. The molecule has 1 atom stereocenters. The van der Waals surface area contributed by atoms with E-state index in [2.05, 4.69) is 5.32 Å². The second-order valence-corrected chi connectivity index (χ2v) is 6.16. The van der Waals surface area contributed by atoms with Crippen LogP contribution in [0.3, 0.4) is 0 Å². The number of benzene rings is 1. The Balaban J connectivity index is 0.00000392. The number of rotatable bonds is 10.